The van der Waals surface area contributed by atoms with Gasteiger partial charge in [-0.3, -0.25) is 14.4 Å². The molecule has 2 rings (SSSR count). The fourth-order valence-corrected chi connectivity index (χ4v) is 7.76. The van der Waals surface area contributed by atoms with Crippen LogP contribution in [0.25, 0.3) is 0 Å². The quantitative estimate of drug-likeness (QED) is 0.230. The van der Waals surface area contributed by atoms with E-state index in [0.717, 1.165) is 0 Å². The molecule has 278 valence electrons. The summed E-state index contributed by atoms with van der Waals surface area (Å²) in [5.74, 6) is -1.99. The smallest absolute Gasteiger partial charge is 0.356 e. The third-order valence-corrected chi connectivity index (χ3v) is 11.0. The number of alkyl halides is 3. The summed E-state index contributed by atoms with van der Waals surface area (Å²) in [5, 5.41) is 10.9. The van der Waals surface area contributed by atoms with Crippen LogP contribution in [0.15, 0.2) is 0 Å². The average Bonchev–Trinajstić information content (AvgIpc) is 3.51. The highest BCUT2D eigenvalue weighted by Crippen LogP contribution is 2.34. The van der Waals surface area contributed by atoms with Gasteiger partial charge in [-0.05, 0) is 48.9 Å². The Hall–Kier alpha value is -2.62. The van der Waals surface area contributed by atoms with E-state index in [4.69, 9.17) is 0 Å². The highest BCUT2D eigenvalue weighted by Gasteiger charge is 2.48. The molecule has 2 saturated heterocycles. The van der Waals surface area contributed by atoms with Crippen molar-refractivity contribution < 1.29 is 40.8 Å². The van der Waals surface area contributed by atoms with Gasteiger partial charge in [0, 0.05) is 51.1 Å². The minimum Gasteiger partial charge on any atom is -0.356 e. The summed E-state index contributed by atoms with van der Waals surface area (Å²) in [6.07, 6.45) is -5.56. The Kier molecular flexibility index (Phi) is 14.2. The van der Waals surface area contributed by atoms with Gasteiger partial charge in [0.1, 0.15) is 12.1 Å². The molecule has 2 fully saturated rings. The molecule has 0 aromatic heterocycles. The van der Waals surface area contributed by atoms with Crippen LogP contribution >= 0.6 is 0 Å². The lowest BCUT2D eigenvalue weighted by atomic mass is 9.84. The number of amides is 5. The van der Waals surface area contributed by atoms with Crippen molar-refractivity contribution in [2.75, 3.05) is 31.9 Å². The van der Waals surface area contributed by atoms with Crippen LogP contribution in [0.4, 0.5) is 18.0 Å². The van der Waals surface area contributed by atoms with Crippen molar-refractivity contribution in [3.8, 4) is 0 Å². The van der Waals surface area contributed by atoms with Crippen molar-refractivity contribution >= 4 is 33.8 Å². The molecule has 5 amide bonds. The second kappa shape index (κ2) is 16.4. The second-order valence-electron chi connectivity index (χ2n) is 15.6. The van der Waals surface area contributed by atoms with E-state index in [-0.39, 0.29) is 43.6 Å². The van der Waals surface area contributed by atoms with Gasteiger partial charge in [-0.2, -0.15) is 17.5 Å². The van der Waals surface area contributed by atoms with Crippen LogP contribution in [0.2, 0.25) is 0 Å². The van der Waals surface area contributed by atoms with Gasteiger partial charge in [0.2, 0.25) is 27.7 Å². The highest BCUT2D eigenvalue weighted by atomic mass is 32.2. The van der Waals surface area contributed by atoms with Crippen LogP contribution in [0, 0.1) is 22.7 Å². The Balaban J connectivity index is 2.32. The van der Waals surface area contributed by atoms with Crippen LogP contribution in [0.3, 0.4) is 0 Å². The largest absolute Gasteiger partial charge is 0.389 e. The molecule has 0 bridgehead atoms. The number of hydrogen-bond donors (Lipinski definition) is 4. The number of halogens is 3. The van der Waals surface area contributed by atoms with Gasteiger partial charge in [0.15, 0.2) is 0 Å². The minimum atomic E-state index is -4.49. The average molecular weight is 711 g/mol. The van der Waals surface area contributed by atoms with Crippen molar-refractivity contribution in [3.63, 3.8) is 0 Å². The van der Waals surface area contributed by atoms with Crippen molar-refractivity contribution in [3.05, 3.63) is 0 Å². The van der Waals surface area contributed by atoms with Crippen LogP contribution in [0.5, 0.6) is 0 Å². The van der Waals surface area contributed by atoms with Gasteiger partial charge >= 0.3 is 12.2 Å². The number of nitrogens with zero attached hydrogens (tertiary/aromatic N) is 2. The number of hydrogen-bond acceptors (Lipinski definition) is 6. The zero-order valence-corrected chi connectivity index (χ0v) is 30.7. The van der Waals surface area contributed by atoms with E-state index >= 15 is 0 Å². The number of carbonyl (C=O) groups is 4. The molecule has 0 saturated carbocycles. The van der Waals surface area contributed by atoms with Crippen molar-refractivity contribution in [1.82, 2.24) is 30.5 Å². The first-order valence-corrected chi connectivity index (χ1v) is 18.5. The third kappa shape index (κ3) is 12.1. The van der Waals surface area contributed by atoms with Crippen LogP contribution < -0.4 is 21.3 Å². The van der Waals surface area contributed by atoms with Gasteiger partial charge in [0.05, 0.1) is 5.75 Å². The maximum absolute atomic E-state index is 14.3. The summed E-state index contributed by atoms with van der Waals surface area (Å²) in [7, 11) is -3.42. The first-order chi connectivity index (χ1) is 21.9. The molecule has 0 aromatic carbocycles. The van der Waals surface area contributed by atoms with E-state index in [1.807, 2.05) is 34.6 Å². The van der Waals surface area contributed by atoms with Crippen molar-refractivity contribution in [1.29, 1.82) is 0 Å². The molecule has 0 aromatic rings. The van der Waals surface area contributed by atoms with Crippen molar-refractivity contribution in [2.45, 2.75) is 125 Å². The predicted octanol–water partition coefficient (Wildman–Crippen LogP) is 3.38. The molecule has 0 aliphatic carbocycles. The highest BCUT2D eigenvalue weighted by molar-refractivity contribution is 7.89. The number of sulfonamides is 1. The Morgan fingerprint density at radius 3 is 2.02 bits per heavy atom. The zero-order valence-electron chi connectivity index (χ0n) is 29.9. The summed E-state index contributed by atoms with van der Waals surface area (Å²) in [6, 6.07) is -4.50. The summed E-state index contributed by atoms with van der Waals surface area (Å²) >= 11 is 0. The molecule has 16 heteroatoms. The number of nitrogens with one attached hydrogen (secondary N) is 4. The fraction of sp³-hybridized carbons (Fsp3) is 0.875. The normalized spacial score (nSPS) is 22.2. The number of urea groups is 1. The number of likely N-dealkylation sites (tertiary alicyclic amines) is 1. The zero-order chi connectivity index (χ0) is 36.8. The van der Waals surface area contributed by atoms with Gasteiger partial charge in [-0.25, -0.2) is 13.2 Å². The van der Waals surface area contributed by atoms with Crippen LogP contribution in [-0.4, -0.2) is 104 Å². The first kappa shape index (κ1) is 41.6. The SMILES string of the molecule is CCNC(=O)CC(CCC(F)(F)F)NC(=O)[C@@H]1[C@@H](C(C)C)CCN1C(=O)[C@@H](NC(=O)N[C@H](CN1CCCS1(=O)=O)C(C)(C)C)C(C)(C)C. The van der Waals surface area contributed by atoms with E-state index in [0.29, 0.717) is 19.4 Å². The summed E-state index contributed by atoms with van der Waals surface area (Å²) in [4.78, 5) is 55.3. The van der Waals surface area contributed by atoms with Gasteiger partial charge in [-0.1, -0.05) is 55.4 Å². The monoisotopic (exact) mass is 710 g/mol. The maximum atomic E-state index is 14.3. The summed E-state index contributed by atoms with van der Waals surface area (Å²) in [5.41, 5.74) is -1.36. The summed E-state index contributed by atoms with van der Waals surface area (Å²) in [6.45, 7) is 17.3. The second-order valence-corrected chi connectivity index (χ2v) is 17.6. The number of carbonyl (C=O) groups excluding carboxylic acids is 4. The summed E-state index contributed by atoms with van der Waals surface area (Å²) < 4.78 is 65.7. The Bertz CT molecular complexity index is 1250. The van der Waals surface area contributed by atoms with Gasteiger partial charge < -0.3 is 26.2 Å². The molecule has 0 spiro atoms. The van der Waals surface area contributed by atoms with E-state index in [1.54, 1.807) is 27.7 Å². The van der Waals surface area contributed by atoms with Crippen molar-refractivity contribution in [2.24, 2.45) is 22.7 Å². The molecule has 4 N–H and O–H groups in total. The Labute approximate surface area is 284 Å². The van der Waals surface area contributed by atoms with Gasteiger partial charge in [0.25, 0.3) is 0 Å². The molecule has 48 heavy (non-hydrogen) atoms. The van der Waals surface area contributed by atoms with E-state index in [2.05, 4.69) is 21.3 Å². The third-order valence-electron chi connectivity index (χ3n) is 9.11. The molecule has 2 heterocycles. The lowest BCUT2D eigenvalue weighted by Crippen LogP contribution is -2.62. The topological polar surface area (TPSA) is 157 Å². The molecule has 2 aliphatic rings. The maximum Gasteiger partial charge on any atom is 0.389 e. The lowest BCUT2D eigenvalue weighted by molar-refractivity contribution is -0.144. The Morgan fingerprint density at radius 2 is 1.54 bits per heavy atom. The van der Waals surface area contributed by atoms with Crippen LogP contribution in [0.1, 0.15) is 94.4 Å². The molecular weight excluding hydrogens is 653 g/mol. The fourth-order valence-electron chi connectivity index (χ4n) is 6.22. The predicted molar refractivity (Wildman–Crippen MR) is 177 cm³/mol. The molecule has 5 atom stereocenters. The van der Waals surface area contributed by atoms with Gasteiger partial charge in [-0.15, -0.1) is 0 Å². The lowest BCUT2D eigenvalue weighted by Gasteiger charge is -2.38. The molecule has 12 nitrogen and oxygen atoms in total. The van der Waals surface area contributed by atoms with E-state index in [9.17, 15) is 40.8 Å². The molecule has 2 aliphatic heterocycles. The molecule has 1 unspecified atom stereocenters. The first-order valence-electron chi connectivity index (χ1n) is 16.9. The standard InChI is InChI=1S/C32H57F3N6O6S/c1-10-36-24(42)18-21(12-14-32(33,34)35)37-27(43)25-22(20(2)3)13-16-41(25)28(44)26(31(7,8)9)39-29(45)38-23(30(4,5)6)19-40-15-11-17-48(40,46)47/h20-23,25-26H,10-19H2,1-9H3,(H,36,42)(H,37,43)(H2,38,39,45)/t21?,22-,23-,25+,26-/m1/s1. The van der Waals surface area contributed by atoms with Crippen LogP contribution in [-0.2, 0) is 24.4 Å². The minimum absolute atomic E-state index is 0.0492. The molecular formula is C32H57F3N6O6S. The van der Waals surface area contributed by atoms with E-state index < -0.39 is 87.8 Å². The Morgan fingerprint density at radius 1 is 0.917 bits per heavy atom. The number of rotatable bonds is 13. The molecule has 0 radical (unpaired) electrons. The van der Waals surface area contributed by atoms with E-state index in [1.165, 1.54) is 9.21 Å².